The Morgan fingerprint density at radius 3 is 2.75 bits per heavy atom. The Hall–Kier alpha value is -1.14. The van der Waals surface area contributed by atoms with E-state index in [1.807, 2.05) is 6.07 Å². The first-order valence-corrected chi connectivity index (χ1v) is 6.83. The number of aromatic nitrogens is 2. The van der Waals surface area contributed by atoms with Gasteiger partial charge in [0.25, 0.3) is 0 Å². The fourth-order valence-electron chi connectivity index (χ4n) is 1.66. The Labute approximate surface area is 126 Å². The van der Waals surface area contributed by atoms with Crippen LogP contribution in [-0.4, -0.2) is 27.4 Å². The smallest absolute Gasteiger partial charge is 0.229 e. The van der Waals surface area contributed by atoms with Crippen LogP contribution in [-0.2, 0) is 12.8 Å². The van der Waals surface area contributed by atoms with Gasteiger partial charge in [-0.25, -0.2) is 0 Å². The normalized spacial score (nSPS) is 14.2. The van der Waals surface area contributed by atoms with Crippen molar-refractivity contribution in [3.8, 4) is 0 Å². The summed E-state index contributed by atoms with van der Waals surface area (Å²) in [5.41, 5.74) is 5.33. The van der Waals surface area contributed by atoms with Gasteiger partial charge in [-0.15, -0.1) is 0 Å². The summed E-state index contributed by atoms with van der Waals surface area (Å²) in [5, 5.41) is 14.7. The molecule has 2 rings (SSSR count). The lowest BCUT2D eigenvalue weighted by atomic mass is 10.0. The van der Waals surface area contributed by atoms with E-state index in [-0.39, 0.29) is 13.0 Å². The summed E-state index contributed by atoms with van der Waals surface area (Å²) in [6.45, 7) is 1.74. The molecule has 3 N–H and O–H groups in total. The highest BCUT2D eigenvalue weighted by Gasteiger charge is 2.22. The van der Waals surface area contributed by atoms with Gasteiger partial charge in [0.2, 0.25) is 5.89 Å². The number of hydrogen-bond acceptors (Lipinski definition) is 5. The number of aliphatic hydroxyl groups is 1. The molecule has 0 aliphatic heterocycles. The van der Waals surface area contributed by atoms with Crippen molar-refractivity contribution in [2.45, 2.75) is 25.4 Å². The predicted octanol–water partition coefficient (Wildman–Crippen LogP) is 2.22. The number of benzene rings is 1. The van der Waals surface area contributed by atoms with Gasteiger partial charge in [0, 0.05) is 13.0 Å². The molecule has 0 bridgehead atoms. The highest BCUT2D eigenvalue weighted by molar-refractivity contribution is 6.42. The summed E-state index contributed by atoms with van der Waals surface area (Å²) >= 11 is 11.8. The van der Waals surface area contributed by atoms with Crippen LogP contribution < -0.4 is 5.73 Å². The number of halogens is 2. The SMILES string of the molecule is CC(O)(CN)Cc1nc(Cc2ccc(Cl)c(Cl)c2)no1. The second-order valence-corrected chi connectivity index (χ2v) is 5.72. The van der Waals surface area contributed by atoms with E-state index < -0.39 is 5.60 Å². The fourth-order valence-corrected chi connectivity index (χ4v) is 1.98. The summed E-state index contributed by atoms with van der Waals surface area (Å²) in [4.78, 5) is 4.22. The van der Waals surface area contributed by atoms with Crippen molar-refractivity contribution in [2.75, 3.05) is 6.54 Å². The number of hydrogen-bond donors (Lipinski definition) is 2. The van der Waals surface area contributed by atoms with Gasteiger partial charge >= 0.3 is 0 Å². The summed E-state index contributed by atoms with van der Waals surface area (Å²) < 4.78 is 5.09. The predicted molar refractivity (Wildman–Crippen MR) is 76.9 cm³/mol. The van der Waals surface area contributed by atoms with Crippen LogP contribution in [0.5, 0.6) is 0 Å². The van der Waals surface area contributed by atoms with Crippen molar-refractivity contribution in [3.63, 3.8) is 0 Å². The summed E-state index contributed by atoms with van der Waals surface area (Å²) in [6, 6.07) is 5.33. The van der Waals surface area contributed by atoms with Gasteiger partial charge in [0.1, 0.15) is 0 Å². The molecule has 0 saturated heterocycles. The zero-order valence-electron chi connectivity index (χ0n) is 10.9. The molecule has 1 unspecified atom stereocenters. The summed E-state index contributed by atoms with van der Waals surface area (Å²) in [6.07, 6.45) is 0.697. The van der Waals surface area contributed by atoms with E-state index in [1.54, 1.807) is 19.1 Å². The summed E-state index contributed by atoms with van der Waals surface area (Å²) in [7, 11) is 0. The second kappa shape index (κ2) is 6.10. The molecule has 2 aromatic rings. The number of nitrogens with zero attached hydrogens (tertiary/aromatic N) is 2. The van der Waals surface area contributed by atoms with Crippen molar-refractivity contribution >= 4 is 23.2 Å². The topological polar surface area (TPSA) is 85.2 Å². The minimum Gasteiger partial charge on any atom is -0.388 e. The number of rotatable bonds is 5. The molecule has 5 nitrogen and oxygen atoms in total. The lowest BCUT2D eigenvalue weighted by Crippen LogP contribution is -2.36. The van der Waals surface area contributed by atoms with E-state index in [4.69, 9.17) is 33.5 Å². The van der Waals surface area contributed by atoms with E-state index in [0.717, 1.165) is 5.56 Å². The van der Waals surface area contributed by atoms with E-state index in [2.05, 4.69) is 10.1 Å². The Morgan fingerprint density at radius 2 is 2.10 bits per heavy atom. The van der Waals surface area contributed by atoms with Crippen LogP contribution in [0.2, 0.25) is 10.0 Å². The molecule has 1 heterocycles. The van der Waals surface area contributed by atoms with E-state index >= 15 is 0 Å². The van der Waals surface area contributed by atoms with Crippen LogP contribution in [0.25, 0.3) is 0 Å². The number of nitrogens with two attached hydrogens (primary N) is 1. The Balaban J connectivity index is 2.07. The maximum atomic E-state index is 9.86. The van der Waals surface area contributed by atoms with Gasteiger partial charge < -0.3 is 15.4 Å². The monoisotopic (exact) mass is 315 g/mol. The van der Waals surface area contributed by atoms with Crippen LogP contribution >= 0.6 is 23.2 Å². The second-order valence-electron chi connectivity index (χ2n) is 4.91. The molecule has 108 valence electrons. The Morgan fingerprint density at radius 1 is 1.35 bits per heavy atom. The van der Waals surface area contributed by atoms with Crippen LogP contribution in [0.3, 0.4) is 0 Å². The third-order valence-corrected chi connectivity index (χ3v) is 3.57. The first-order valence-electron chi connectivity index (χ1n) is 6.07. The molecule has 0 spiro atoms. The quantitative estimate of drug-likeness (QED) is 0.883. The zero-order valence-corrected chi connectivity index (χ0v) is 12.4. The van der Waals surface area contributed by atoms with Crippen molar-refractivity contribution in [1.29, 1.82) is 0 Å². The maximum Gasteiger partial charge on any atom is 0.229 e. The molecule has 1 aromatic heterocycles. The lowest BCUT2D eigenvalue weighted by molar-refractivity contribution is 0.0610. The minimum atomic E-state index is -1.05. The standard InChI is InChI=1S/C13H15Cl2N3O2/c1-13(19,7-16)6-12-17-11(18-20-12)5-8-2-3-9(14)10(15)4-8/h2-4,19H,5-7,16H2,1H3. The molecule has 7 heteroatoms. The van der Waals surface area contributed by atoms with Gasteiger partial charge in [-0.3, -0.25) is 0 Å². The van der Waals surface area contributed by atoms with E-state index in [0.29, 0.717) is 28.2 Å². The lowest BCUT2D eigenvalue weighted by Gasteiger charge is -2.17. The molecule has 0 amide bonds. The zero-order chi connectivity index (χ0) is 14.8. The minimum absolute atomic E-state index is 0.123. The molecule has 0 aliphatic rings. The highest BCUT2D eigenvalue weighted by atomic mass is 35.5. The molecule has 0 radical (unpaired) electrons. The molecule has 0 saturated carbocycles. The van der Waals surface area contributed by atoms with Crippen LogP contribution in [0.4, 0.5) is 0 Å². The average molecular weight is 316 g/mol. The molecular formula is C13H15Cl2N3O2. The Bertz CT molecular complexity index is 599. The van der Waals surface area contributed by atoms with Crippen molar-refractivity contribution < 1.29 is 9.63 Å². The third-order valence-electron chi connectivity index (χ3n) is 2.83. The van der Waals surface area contributed by atoms with Gasteiger partial charge in [-0.1, -0.05) is 34.4 Å². The first-order chi connectivity index (χ1) is 9.39. The first kappa shape index (κ1) is 15.3. The van der Waals surface area contributed by atoms with E-state index in [1.165, 1.54) is 0 Å². The third kappa shape index (κ3) is 3.93. The van der Waals surface area contributed by atoms with Gasteiger partial charge in [-0.2, -0.15) is 4.98 Å². The molecule has 1 aromatic carbocycles. The highest BCUT2D eigenvalue weighted by Crippen LogP contribution is 2.23. The van der Waals surface area contributed by atoms with Gasteiger partial charge in [0.15, 0.2) is 5.82 Å². The molecule has 0 fully saturated rings. The fraction of sp³-hybridized carbons (Fsp3) is 0.385. The molecular weight excluding hydrogens is 301 g/mol. The van der Waals surface area contributed by atoms with Gasteiger partial charge in [-0.05, 0) is 24.6 Å². The van der Waals surface area contributed by atoms with Crippen molar-refractivity contribution in [1.82, 2.24) is 10.1 Å². The summed E-state index contributed by atoms with van der Waals surface area (Å²) in [5.74, 6) is 0.877. The molecule has 0 aliphatic carbocycles. The van der Waals surface area contributed by atoms with Crippen LogP contribution in [0, 0.1) is 0 Å². The largest absolute Gasteiger partial charge is 0.388 e. The Kier molecular flexibility index (Phi) is 4.65. The van der Waals surface area contributed by atoms with E-state index in [9.17, 15) is 5.11 Å². The average Bonchev–Trinajstić information content (AvgIpc) is 2.80. The molecule has 1 atom stereocenters. The van der Waals surface area contributed by atoms with Gasteiger partial charge in [0.05, 0.1) is 22.1 Å². The van der Waals surface area contributed by atoms with Crippen molar-refractivity contribution in [2.24, 2.45) is 5.73 Å². The molecule has 20 heavy (non-hydrogen) atoms. The van der Waals surface area contributed by atoms with Crippen molar-refractivity contribution in [3.05, 3.63) is 45.5 Å². The van der Waals surface area contributed by atoms with Crippen LogP contribution in [0.1, 0.15) is 24.2 Å². The maximum absolute atomic E-state index is 9.86. The van der Waals surface area contributed by atoms with Crippen LogP contribution in [0.15, 0.2) is 22.7 Å².